The van der Waals surface area contributed by atoms with Crippen LogP contribution in [0.2, 0.25) is 5.02 Å². The molecule has 0 N–H and O–H groups in total. The summed E-state index contributed by atoms with van der Waals surface area (Å²) in [5.74, 6) is -5.42. The zero-order valence-electron chi connectivity index (χ0n) is 27.5. The molecule has 0 unspecified atom stereocenters. The predicted octanol–water partition coefficient (Wildman–Crippen LogP) is 4.82. The molecule has 3 aromatic heterocycles. The Labute approximate surface area is 307 Å². The lowest BCUT2D eigenvalue weighted by Crippen LogP contribution is -2.46. The van der Waals surface area contributed by atoms with E-state index >= 15 is 4.39 Å². The summed E-state index contributed by atoms with van der Waals surface area (Å²) in [6.45, 7) is 1.12. The van der Waals surface area contributed by atoms with E-state index in [1.165, 1.54) is 25.1 Å². The number of hydrogen-bond donors (Lipinski definition) is 0. The van der Waals surface area contributed by atoms with Gasteiger partial charge in [0, 0.05) is 25.0 Å². The Morgan fingerprint density at radius 3 is 2.49 bits per heavy atom. The molecule has 2 aromatic carbocycles. The maximum absolute atomic E-state index is 15.1. The van der Waals surface area contributed by atoms with Crippen LogP contribution >= 0.6 is 22.9 Å². The Morgan fingerprint density at radius 1 is 0.981 bits per heavy atom. The maximum atomic E-state index is 15.1. The first-order chi connectivity index (χ1) is 25.5. The minimum atomic E-state index is -1.54. The summed E-state index contributed by atoms with van der Waals surface area (Å²) in [4.78, 5) is 81.4. The van der Waals surface area contributed by atoms with Crippen molar-refractivity contribution in [2.45, 2.75) is 38.4 Å². The summed E-state index contributed by atoms with van der Waals surface area (Å²) < 4.78 is 43.6. The van der Waals surface area contributed by atoms with Crippen LogP contribution in [0.5, 0.6) is 11.6 Å². The fraction of sp³-hybridized carbons (Fsp3) is 0.194. The van der Waals surface area contributed by atoms with Gasteiger partial charge in [-0.2, -0.15) is 8.96 Å². The highest BCUT2D eigenvalue weighted by molar-refractivity contribution is 7.12. The predicted molar refractivity (Wildman–Crippen MR) is 185 cm³/mol. The van der Waals surface area contributed by atoms with Crippen LogP contribution in [0.15, 0.2) is 100 Å². The second-order valence-electron chi connectivity index (χ2n) is 11.4. The molecule has 1 aliphatic rings. The first-order valence-electron chi connectivity index (χ1n) is 15.7. The van der Waals surface area contributed by atoms with Crippen molar-refractivity contribution in [2.75, 3.05) is 6.61 Å². The Kier molecular flexibility index (Phi) is 11.3. The number of thiophene rings is 1. The van der Waals surface area contributed by atoms with Gasteiger partial charge in [-0.3, -0.25) is 19.0 Å². The first-order valence-corrected chi connectivity index (χ1v) is 17.0. The molecule has 0 aliphatic carbocycles. The Hall–Kier alpha value is -5.81. The molecule has 3 atom stereocenters. The fourth-order valence-electron chi connectivity index (χ4n) is 5.24. The van der Waals surface area contributed by atoms with E-state index in [4.69, 9.17) is 35.3 Å². The van der Waals surface area contributed by atoms with Gasteiger partial charge in [0.05, 0.1) is 30.7 Å². The molecule has 272 valence electrons. The number of esters is 3. The summed E-state index contributed by atoms with van der Waals surface area (Å²) in [7, 11) is 0. The van der Waals surface area contributed by atoms with Gasteiger partial charge >= 0.3 is 23.6 Å². The summed E-state index contributed by atoms with van der Waals surface area (Å²) >= 11 is 7.26. The molecule has 0 amide bonds. The van der Waals surface area contributed by atoms with Crippen LogP contribution in [-0.2, 0) is 25.6 Å². The summed E-state index contributed by atoms with van der Waals surface area (Å²) in [6, 6.07) is 18.3. The molecule has 0 spiro atoms. The molecule has 1 aliphatic heterocycles. The molecule has 0 bridgehead atoms. The number of carbonyl (C=O) groups excluding carboxylic acids is 4. The monoisotopic (exact) mass is 763 g/mol. The maximum Gasteiger partial charge on any atom is 0.353 e. The van der Waals surface area contributed by atoms with Gasteiger partial charge in [-0.1, -0.05) is 54.1 Å². The van der Waals surface area contributed by atoms with Gasteiger partial charge in [-0.25, -0.2) is 19.4 Å². The van der Waals surface area contributed by atoms with E-state index < -0.39 is 59.3 Å². The van der Waals surface area contributed by atoms with Crippen LogP contribution in [0.1, 0.15) is 55.5 Å². The Balaban J connectivity index is 1.21. The average molecular weight is 764 g/mol. The number of benzene rings is 2. The van der Waals surface area contributed by atoms with E-state index in [0.717, 1.165) is 39.8 Å². The number of pyridine rings is 1. The quantitative estimate of drug-likeness (QED) is 0.168. The van der Waals surface area contributed by atoms with E-state index in [9.17, 15) is 28.8 Å². The summed E-state index contributed by atoms with van der Waals surface area (Å²) in [5, 5.41) is 1.65. The average Bonchev–Trinajstić information content (AvgIpc) is 3.84. The third kappa shape index (κ3) is 8.64. The molecule has 1 fully saturated rings. The molecule has 0 saturated carbocycles. The zero-order valence-corrected chi connectivity index (χ0v) is 29.1. The molecule has 0 radical (unpaired) electrons. The Bertz CT molecular complexity index is 2300. The van der Waals surface area contributed by atoms with Crippen molar-refractivity contribution in [3.8, 4) is 11.6 Å². The van der Waals surface area contributed by atoms with Gasteiger partial charge in [-0.05, 0) is 35.2 Å². The number of halogens is 2. The van der Waals surface area contributed by atoms with Crippen molar-refractivity contribution >= 4 is 46.8 Å². The number of hydrogen-bond acceptors (Lipinski definition) is 13. The number of aromatic nitrogens is 3. The van der Waals surface area contributed by atoms with Gasteiger partial charge in [-0.15, -0.1) is 11.3 Å². The molecule has 53 heavy (non-hydrogen) atoms. The molecule has 14 nitrogen and oxygen atoms in total. The largest absolute Gasteiger partial charge is 0.463 e. The summed E-state index contributed by atoms with van der Waals surface area (Å²) in [6.07, 6.45) is -1.12. The van der Waals surface area contributed by atoms with Crippen LogP contribution < -0.4 is 20.7 Å². The third-order valence-corrected chi connectivity index (χ3v) is 8.92. The lowest BCUT2D eigenvalue weighted by Gasteiger charge is -2.18. The van der Waals surface area contributed by atoms with Gasteiger partial charge in [0.25, 0.3) is 11.5 Å². The van der Waals surface area contributed by atoms with Crippen LogP contribution in [0.3, 0.4) is 0 Å². The molecular formula is C36H27ClFN3O11S. The third-order valence-electron chi connectivity index (χ3n) is 7.79. The van der Waals surface area contributed by atoms with Gasteiger partial charge < -0.3 is 23.7 Å². The van der Waals surface area contributed by atoms with E-state index in [1.54, 1.807) is 17.5 Å². The normalized spacial score (nSPS) is 16.5. The van der Waals surface area contributed by atoms with Crippen molar-refractivity contribution in [3.63, 3.8) is 0 Å². The minimum Gasteiger partial charge on any atom is -0.463 e. The van der Waals surface area contributed by atoms with Crippen molar-refractivity contribution in [2.24, 2.45) is 0 Å². The lowest BCUT2D eigenvalue weighted by molar-refractivity contribution is -0.148. The number of ether oxygens (including phenoxy) is 5. The van der Waals surface area contributed by atoms with Crippen LogP contribution in [0, 0.1) is 5.82 Å². The van der Waals surface area contributed by atoms with Crippen LogP contribution in [-0.4, -0.2) is 56.7 Å². The second-order valence-corrected chi connectivity index (χ2v) is 12.8. The lowest BCUT2D eigenvalue weighted by atomic mass is 10.1. The molecule has 1 saturated heterocycles. The smallest absolute Gasteiger partial charge is 0.353 e. The van der Waals surface area contributed by atoms with Crippen molar-refractivity contribution in [3.05, 3.63) is 144 Å². The van der Waals surface area contributed by atoms with E-state index in [1.807, 2.05) is 30.3 Å². The highest BCUT2D eigenvalue weighted by Gasteiger charge is 2.39. The van der Waals surface area contributed by atoms with Gasteiger partial charge in [0.15, 0.2) is 5.75 Å². The minimum absolute atomic E-state index is 0.0283. The standard InChI is InChI=1S/C36H27ClFN3O11S/c1-20(42)48-19-28-27(49-18-21-7-3-2-4-8-21)15-31(50-28)40-17-25(38)33(44)41(36(40)47)32(43)22-9-5-10-23(13-22)34(45)52-30-14-26(24(37)16-39-30)51-35(46)29-11-6-12-53-29/h2-14,16-17,27-28,31H,15,18-19H2,1H3/t27-,28+,31+/m0/s1. The zero-order chi connectivity index (χ0) is 37.6. The molecule has 4 heterocycles. The molecule has 5 aromatic rings. The topological polar surface area (TPSA) is 171 Å². The molecular weight excluding hydrogens is 737 g/mol. The summed E-state index contributed by atoms with van der Waals surface area (Å²) in [5.41, 5.74) is -2.48. The number of rotatable bonds is 11. The van der Waals surface area contributed by atoms with E-state index in [0.29, 0.717) is 11.1 Å². The van der Waals surface area contributed by atoms with Crippen molar-refractivity contribution in [1.29, 1.82) is 0 Å². The fourth-order valence-corrected chi connectivity index (χ4v) is 5.98. The number of nitrogens with zero attached hydrogens (tertiary/aromatic N) is 3. The van der Waals surface area contributed by atoms with Gasteiger partial charge in [0.2, 0.25) is 11.7 Å². The van der Waals surface area contributed by atoms with Crippen LogP contribution in [0.25, 0.3) is 0 Å². The molecule has 6 rings (SSSR count). The van der Waals surface area contributed by atoms with E-state index in [-0.39, 0.29) is 52.0 Å². The number of carbonyl (C=O) groups is 4. The van der Waals surface area contributed by atoms with Gasteiger partial charge in [0.1, 0.15) is 28.8 Å². The van der Waals surface area contributed by atoms with Crippen molar-refractivity contribution < 1.29 is 47.3 Å². The molecule has 17 heteroatoms. The second kappa shape index (κ2) is 16.2. The first kappa shape index (κ1) is 37.0. The Morgan fingerprint density at radius 2 is 1.75 bits per heavy atom. The van der Waals surface area contributed by atoms with Crippen molar-refractivity contribution in [1.82, 2.24) is 14.1 Å². The highest BCUT2D eigenvalue weighted by Crippen LogP contribution is 2.31. The van der Waals surface area contributed by atoms with E-state index in [2.05, 4.69) is 4.98 Å². The SMILES string of the molecule is CC(=O)OC[C@H]1O[C@@H](n2cc(F)c(=O)n(C(=O)c3cccc(C(=O)Oc4cc(OC(=O)c5cccs5)c(Cl)cn4)c3)c2=O)C[C@@H]1OCc1ccccc1. The highest BCUT2D eigenvalue weighted by atomic mass is 35.5. The van der Waals surface area contributed by atoms with Crippen LogP contribution in [0.4, 0.5) is 4.39 Å².